The lowest BCUT2D eigenvalue weighted by atomic mass is 10.0. The highest BCUT2D eigenvalue weighted by Gasteiger charge is 2.14. The Morgan fingerprint density at radius 3 is 2.54 bits per heavy atom. The van der Waals surface area contributed by atoms with Crippen LogP contribution in [0.25, 0.3) is 0 Å². The first-order valence-corrected chi connectivity index (χ1v) is 9.08. The van der Waals surface area contributed by atoms with Gasteiger partial charge in [-0.3, -0.25) is 4.79 Å². The zero-order chi connectivity index (χ0) is 17.0. The summed E-state index contributed by atoms with van der Waals surface area (Å²) in [5, 5.41) is 2.93. The number of ether oxygens (including phenoxy) is 2. The largest absolute Gasteiger partial charge is 0.493 e. The third-order valence-electron chi connectivity index (χ3n) is 4.32. The molecule has 1 amide bonds. The lowest BCUT2D eigenvalue weighted by molar-refractivity contribution is -0.116. The topological polar surface area (TPSA) is 73.6 Å². The van der Waals surface area contributed by atoms with Crippen LogP contribution in [0.1, 0.15) is 44.9 Å². The highest BCUT2D eigenvalue weighted by molar-refractivity contribution is 5.90. The fourth-order valence-electron chi connectivity index (χ4n) is 2.77. The van der Waals surface area contributed by atoms with Gasteiger partial charge in [-0.2, -0.15) is 0 Å². The van der Waals surface area contributed by atoms with Crippen molar-refractivity contribution in [2.45, 2.75) is 44.9 Å². The Hall–Kier alpha value is -1.59. The summed E-state index contributed by atoms with van der Waals surface area (Å²) in [5.41, 5.74) is 6.27. The number of carbonyl (C=O) groups is 1. The van der Waals surface area contributed by atoms with Gasteiger partial charge in [-0.25, -0.2) is 0 Å². The SMILES string of the molecule is NCCCCCCC(=O)Nc1ccc(OCC2CCOCC2)cc1. The van der Waals surface area contributed by atoms with E-state index in [1.54, 1.807) is 0 Å². The molecule has 1 aliphatic rings. The number of rotatable bonds is 10. The van der Waals surface area contributed by atoms with Gasteiger partial charge in [0.1, 0.15) is 5.75 Å². The van der Waals surface area contributed by atoms with Crippen LogP contribution in [0.15, 0.2) is 24.3 Å². The van der Waals surface area contributed by atoms with Gasteiger partial charge in [-0.05, 0) is 62.4 Å². The van der Waals surface area contributed by atoms with Crippen LogP contribution in [0.4, 0.5) is 5.69 Å². The average Bonchev–Trinajstić information content (AvgIpc) is 2.62. The summed E-state index contributed by atoms with van der Waals surface area (Å²) in [7, 11) is 0. The Labute approximate surface area is 144 Å². The maximum atomic E-state index is 11.9. The molecular formula is C19H30N2O3. The number of nitrogens with one attached hydrogen (secondary N) is 1. The second kappa shape index (κ2) is 11.0. The molecule has 1 aliphatic heterocycles. The molecule has 24 heavy (non-hydrogen) atoms. The summed E-state index contributed by atoms with van der Waals surface area (Å²) in [6.45, 7) is 3.14. The maximum absolute atomic E-state index is 11.9. The number of nitrogens with two attached hydrogens (primary N) is 1. The van der Waals surface area contributed by atoms with Crippen LogP contribution >= 0.6 is 0 Å². The van der Waals surface area contributed by atoms with E-state index in [1.807, 2.05) is 24.3 Å². The summed E-state index contributed by atoms with van der Waals surface area (Å²) in [4.78, 5) is 11.9. The number of amides is 1. The molecule has 0 saturated carbocycles. The van der Waals surface area contributed by atoms with E-state index >= 15 is 0 Å². The zero-order valence-corrected chi connectivity index (χ0v) is 14.5. The van der Waals surface area contributed by atoms with Gasteiger partial charge in [-0.15, -0.1) is 0 Å². The number of benzene rings is 1. The lowest BCUT2D eigenvalue weighted by Gasteiger charge is -2.22. The van der Waals surface area contributed by atoms with Crippen molar-refractivity contribution in [1.82, 2.24) is 0 Å². The van der Waals surface area contributed by atoms with E-state index in [2.05, 4.69) is 5.32 Å². The molecule has 5 nitrogen and oxygen atoms in total. The lowest BCUT2D eigenvalue weighted by Crippen LogP contribution is -2.21. The average molecular weight is 334 g/mol. The van der Waals surface area contributed by atoms with Crippen molar-refractivity contribution in [3.05, 3.63) is 24.3 Å². The summed E-state index contributed by atoms with van der Waals surface area (Å²) in [6.07, 6.45) is 6.81. The van der Waals surface area contributed by atoms with Crippen LogP contribution in [0, 0.1) is 5.92 Å². The van der Waals surface area contributed by atoms with Gasteiger partial charge >= 0.3 is 0 Å². The summed E-state index contributed by atoms with van der Waals surface area (Å²) >= 11 is 0. The van der Waals surface area contributed by atoms with E-state index in [0.29, 0.717) is 12.3 Å². The Morgan fingerprint density at radius 1 is 1.12 bits per heavy atom. The monoisotopic (exact) mass is 334 g/mol. The van der Waals surface area contributed by atoms with Gasteiger partial charge in [0.2, 0.25) is 5.91 Å². The Balaban J connectivity index is 1.64. The highest BCUT2D eigenvalue weighted by Crippen LogP contribution is 2.20. The van der Waals surface area contributed by atoms with Crippen molar-refractivity contribution in [2.75, 3.05) is 31.7 Å². The van der Waals surface area contributed by atoms with Crippen molar-refractivity contribution in [3.63, 3.8) is 0 Å². The van der Waals surface area contributed by atoms with Crippen LogP contribution in [0.5, 0.6) is 5.75 Å². The van der Waals surface area contributed by atoms with Crippen molar-refractivity contribution < 1.29 is 14.3 Å². The molecule has 0 radical (unpaired) electrons. The highest BCUT2D eigenvalue weighted by atomic mass is 16.5. The van der Waals surface area contributed by atoms with Crippen LogP contribution < -0.4 is 15.8 Å². The van der Waals surface area contributed by atoms with E-state index in [4.69, 9.17) is 15.2 Å². The molecule has 1 heterocycles. The molecule has 0 atom stereocenters. The molecular weight excluding hydrogens is 304 g/mol. The smallest absolute Gasteiger partial charge is 0.224 e. The zero-order valence-electron chi connectivity index (χ0n) is 14.5. The molecule has 0 aromatic heterocycles. The minimum Gasteiger partial charge on any atom is -0.493 e. The number of hydrogen-bond acceptors (Lipinski definition) is 4. The van der Waals surface area contributed by atoms with Crippen molar-refractivity contribution in [2.24, 2.45) is 11.7 Å². The maximum Gasteiger partial charge on any atom is 0.224 e. The van der Waals surface area contributed by atoms with Crippen LogP contribution in [-0.2, 0) is 9.53 Å². The molecule has 1 saturated heterocycles. The molecule has 0 spiro atoms. The molecule has 0 aliphatic carbocycles. The molecule has 0 unspecified atom stereocenters. The predicted molar refractivity (Wildman–Crippen MR) is 96.2 cm³/mol. The van der Waals surface area contributed by atoms with E-state index in [-0.39, 0.29) is 5.91 Å². The number of unbranched alkanes of at least 4 members (excludes halogenated alkanes) is 3. The van der Waals surface area contributed by atoms with E-state index < -0.39 is 0 Å². The molecule has 3 N–H and O–H groups in total. The quantitative estimate of drug-likeness (QED) is 0.644. The van der Waals surface area contributed by atoms with Crippen LogP contribution in [-0.4, -0.2) is 32.3 Å². The first-order chi connectivity index (χ1) is 11.8. The van der Waals surface area contributed by atoms with Crippen molar-refractivity contribution >= 4 is 11.6 Å². The Morgan fingerprint density at radius 2 is 1.83 bits per heavy atom. The summed E-state index contributed by atoms with van der Waals surface area (Å²) < 4.78 is 11.2. The van der Waals surface area contributed by atoms with Gasteiger partial charge in [0.15, 0.2) is 0 Å². The molecule has 1 aromatic carbocycles. The predicted octanol–water partition coefficient (Wildman–Crippen LogP) is 3.34. The van der Waals surface area contributed by atoms with Gasteiger partial charge in [0.05, 0.1) is 6.61 Å². The first-order valence-electron chi connectivity index (χ1n) is 9.08. The number of hydrogen-bond donors (Lipinski definition) is 2. The van der Waals surface area contributed by atoms with Crippen LogP contribution in [0.2, 0.25) is 0 Å². The molecule has 134 valence electrons. The molecule has 1 fully saturated rings. The standard InChI is InChI=1S/C19H30N2O3/c20-12-4-2-1-3-5-19(22)21-17-6-8-18(9-7-17)24-15-16-10-13-23-14-11-16/h6-9,16H,1-5,10-15,20H2,(H,21,22). The van der Waals surface area contributed by atoms with E-state index in [9.17, 15) is 4.79 Å². The second-order valence-corrected chi connectivity index (χ2v) is 6.39. The molecule has 5 heteroatoms. The van der Waals surface area contributed by atoms with Crippen LogP contribution in [0.3, 0.4) is 0 Å². The fourth-order valence-corrected chi connectivity index (χ4v) is 2.77. The van der Waals surface area contributed by atoms with Crippen molar-refractivity contribution in [1.29, 1.82) is 0 Å². The van der Waals surface area contributed by atoms with Gasteiger partial charge in [0.25, 0.3) is 0 Å². The Bertz CT molecular complexity index is 470. The van der Waals surface area contributed by atoms with Gasteiger partial charge < -0.3 is 20.5 Å². The molecule has 0 bridgehead atoms. The van der Waals surface area contributed by atoms with Crippen molar-refractivity contribution in [3.8, 4) is 5.75 Å². The Kier molecular flexibility index (Phi) is 8.63. The summed E-state index contributed by atoms with van der Waals surface area (Å²) in [6, 6.07) is 7.61. The fraction of sp³-hybridized carbons (Fsp3) is 0.632. The second-order valence-electron chi connectivity index (χ2n) is 6.39. The van der Waals surface area contributed by atoms with E-state index in [1.165, 1.54) is 0 Å². The molecule has 1 aromatic rings. The first kappa shape index (κ1) is 18.7. The number of anilines is 1. The third-order valence-corrected chi connectivity index (χ3v) is 4.32. The van der Waals surface area contributed by atoms with Gasteiger partial charge in [0, 0.05) is 25.3 Å². The van der Waals surface area contributed by atoms with Gasteiger partial charge in [-0.1, -0.05) is 12.8 Å². The summed E-state index contributed by atoms with van der Waals surface area (Å²) in [5.74, 6) is 1.50. The minimum atomic E-state index is 0.0682. The normalized spacial score (nSPS) is 15.2. The third kappa shape index (κ3) is 7.32. The minimum absolute atomic E-state index is 0.0682. The van der Waals surface area contributed by atoms with E-state index in [0.717, 1.165) is 76.3 Å². The number of carbonyl (C=O) groups excluding carboxylic acids is 1. The molecule has 2 rings (SSSR count).